The van der Waals surface area contributed by atoms with Crippen LogP contribution in [0.1, 0.15) is 25.7 Å². The topological polar surface area (TPSA) is 342 Å². The molecule has 52 heavy (non-hydrogen) atoms. The Morgan fingerprint density at radius 3 is 0.962 bits per heavy atom. The van der Waals surface area contributed by atoms with Crippen molar-refractivity contribution in [2.75, 3.05) is 105 Å². The molecule has 2 atom stereocenters. The van der Waals surface area contributed by atoms with Gasteiger partial charge < -0.3 is 61.7 Å². The van der Waals surface area contributed by atoms with Crippen molar-refractivity contribution < 1.29 is 79.8 Å². The van der Waals surface area contributed by atoms with Gasteiger partial charge in [-0.15, -0.1) is 0 Å². The van der Waals surface area contributed by atoms with E-state index in [9.17, 15) is 79.8 Å². The van der Waals surface area contributed by atoms with Crippen LogP contribution in [-0.4, -0.2) is 235 Å². The first-order valence-electron chi connectivity index (χ1n) is 16.6. The molecule has 1 aliphatic rings. The third kappa shape index (κ3) is 15.6. The van der Waals surface area contributed by atoms with E-state index in [0.29, 0.717) is 0 Å². The Labute approximate surface area is 299 Å². The van der Waals surface area contributed by atoms with Gasteiger partial charge >= 0.3 is 23.9 Å². The molecule has 22 heteroatoms. The molecule has 0 aromatic rings. The summed E-state index contributed by atoms with van der Waals surface area (Å²) in [7, 11) is 0. The molecule has 300 valence electrons. The third-order valence-electron chi connectivity index (χ3n) is 8.90. The summed E-state index contributed by atoms with van der Waals surface area (Å²) in [5.74, 6) is -6.65. The average molecular weight is 755 g/mol. The number of carboxylic acid groups (broad SMARTS) is 4. The standard InChI is InChI=1S/C30H54N6O16/c37-15-29(16-38,17-39)31-23(43)3-1-21(27(49)50)35-9-5-33(13-25(45)46)7-11-36(12-8-34(6-10-35)14-26(47)48)22(28(51)52)2-4-24(44)32-30(18-40,19-41)20-42/h21-22,37-42H,1-20H2,(H,31,43)(H,32,44)(H,45,46)(H,47,48)(H,49,50)(H,51,52)/t21-,22-/m1/s1. The van der Waals surface area contributed by atoms with Crippen LogP contribution in [-0.2, 0) is 28.8 Å². The van der Waals surface area contributed by atoms with Gasteiger partial charge in [-0.3, -0.25) is 48.4 Å². The predicted molar refractivity (Wildman–Crippen MR) is 177 cm³/mol. The average Bonchev–Trinajstić information content (AvgIpc) is 3.09. The lowest BCUT2D eigenvalue weighted by atomic mass is 10.0. The Bertz CT molecular complexity index is 1050. The van der Waals surface area contributed by atoms with Gasteiger partial charge in [0, 0.05) is 65.2 Å². The van der Waals surface area contributed by atoms with Crippen molar-refractivity contribution in [1.82, 2.24) is 30.2 Å². The monoisotopic (exact) mass is 754 g/mol. The molecule has 22 nitrogen and oxygen atoms in total. The Morgan fingerprint density at radius 1 is 0.481 bits per heavy atom. The molecule has 0 aromatic carbocycles. The lowest BCUT2D eigenvalue weighted by molar-refractivity contribution is -0.145. The molecule has 0 aliphatic carbocycles. The number of carbonyl (C=O) groups excluding carboxylic acids is 2. The minimum atomic E-state index is -1.73. The van der Waals surface area contributed by atoms with Crippen LogP contribution in [0.3, 0.4) is 0 Å². The first-order chi connectivity index (χ1) is 24.5. The summed E-state index contributed by atoms with van der Waals surface area (Å²) in [6, 6.07) is -2.64. The lowest BCUT2D eigenvalue weighted by Gasteiger charge is -2.37. The summed E-state index contributed by atoms with van der Waals surface area (Å²) in [6.45, 7) is -6.18. The highest BCUT2D eigenvalue weighted by Crippen LogP contribution is 2.14. The van der Waals surface area contributed by atoms with Crippen LogP contribution in [0.15, 0.2) is 0 Å². The largest absolute Gasteiger partial charge is 0.480 e. The second-order valence-corrected chi connectivity index (χ2v) is 12.8. The fraction of sp³-hybridized carbons (Fsp3) is 0.800. The van der Waals surface area contributed by atoms with E-state index in [1.54, 1.807) is 0 Å². The van der Waals surface area contributed by atoms with Gasteiger partial charge in [-0.25, -0.2) is 0 Å². The number of rotatable bonds is 22. The van der Waals surface area contributed by atoms with Crippen molar-refractivity contribution in [2.24, 2.45) is 0 Å². The van der Waals surface area contributed by atoms with Gasteiger partial charge in [0.05, 0.1) is 52.7 Å². The predicted octanol–water partition coefficient (Wildman–Crippen LogP) is -6.49. The van der Waals surface area contributed by atoms with Crippen molar-refractivity contribution in [3.05, 3.63) is 0 Å². The molecule has 1 heterocycles. The van der Waals surface area contributed by atoms with Gasteiger partial charge in [0.2, 0.25) is 11.8 Å². The second kappa shape index (κ2) is 23.2. The van der Waals surface area contributed by atoms with E-state index in [1.807, 2.05) is 0 Å². The van der Waals surface area contributed by atoms with Crippen LogP contribution in [0, 0.1) is 0 Å². The molecule has 12 N–H and O–H groups in total. The number of carboxylic acids is 4. The summed E-state index contributed by atoms with van der Waals surface area (Å²) in [4.78, 5) is 79.4. The quantitative estimate of drug-likeness (QED) is 0.0489. The third-order valence-corrected chi connectivity index (χ3v) is 8.90. The van der Waals surface area contributed by atoms with Crippen LogP contribution in [0.25, 0.3) is 0 Å². The van der Waals surface area contributed by atoms with Crippen LogP contribution >= 0.6 is 0 Å². The highest BCUT2D eigenvalue weighted by molar-refractivity contribution is 5.80. The molecule has 0 radical (unpaired) electrons. The first kappa shape index (κ1) is 46.4. The molecule has 1 aliphatic heterocycles. The molecular formula is C30H54N6O16. The molecule has 0 bridgehead atoms. The summed E-state index contributed by atoms with van der Waals surface area (Å²) in [5.41, 5.74) is -3.47. The number of aliphatic hydroxyl groups excluding tert-OH is 6. The number of hydrogen-bond acceptors (Lipinski definition) is 16. The number of amides is 2. The van der Waals surface area contributed by atoms with E-state index in [1.165, 1.54) is 19.6 Å². The SMILES string of the molecule is O=C(O)CN1CCN([C@H](CCC(=O)NC(CO)(CO)CO)C(=O)O)CCN(CC(=O)O)CCN([C@H](CCC(=O)NC(CO)(CO)CO)C(=O)O)CC1. The van der Waals surface area contributed by atoms with Gasteiger partial charge in [-0.1, -0.05) is 0 Å². The zero-order valence-corrected chi connectivity index (χ0v) is 29.0. The zero-order chi connectivity index (χ0) is 39.5. The van der Waals surface area contributed by atoms with Gasteiger partial charge in [0.1, 0.15) is 23.2 Å². The number of nitrogens with zero attached hydrogens (tertiary/aromatic N) is 4. The lowest BCUT2D eigenvalue weighted by Crippen LogP contribution is -2.57. The summed E-state index contributed by atoms with van der Waals surface area (Å²) in [5, 5.41) is 101. The van der Waals surface area contributed by atoms with Crippen LogP contribution in [0.4, 0.5) is 0 Å². The Hall–Kier alpha value is -3.58. The first-order valence-corrected chi connectivity index (χ1v) is 16.6. The number of hydrogen-bond donors (Lipinski definition) is 12. The highest BCUT2D eigenvalue weighted by atomic mass is 16.4. The molecule has 0 saturated carbocycles. The molecule has 0 aromatic heterocycles. The normalized spacial score (nSPS) is 17.7. The van der Waals surface area contributed by atoms with Gasteiger partial charge in [-0.05, 0) is 12.8 Å². The molecule has 1 rings (SSSR count). The van der Waals surface area contributed by atoms with Crippen LogP contribution in [0.5, 0.6) is 0 Å². The number of nitrogens with one attached hydrogen (secondary N) is 2. The molecule has 1 saturated heterocycles. The summed E-state index contributed by atoms with van der Waals surface area (Å²) >= 11 is 0. The molecule has 2 amide bonds. The molecule has 0 unspecified atom stereocenters. The van der Waals surface area contributed by atoms with E-state index in [-0.39, 0.29) is 65.2 Å². The fourth-order valence-electron chi connectivity index (χ4n) is 5.56. The molecular weight excluding hydrogens is 700 g/mol. The van der Waals surface area contributed by atoms with Crippen LogP contribution < -0.4 is 10.6 Å². The number of aliphatic carboxylic acids is 4. The summed E-state index contributed by atoms with van der Waals surface area (Å²) < 4.78 is 0. The van der Waals surface area contributed by atoms with Crippen LogP contribution in [0.2, 0.25) is 0 Å². The van der Waals surface area contributed by atoms with Crippen molar-refractivity contribution >= 4 is 35.7 Å². The van der Waals surface area contributed by atoms with Crippen molar-refractivity contribution in [2.45, 2.75) is 48.8 Å². The van der Waals surface area contributed by atoms with Crippen molar-refractivity contribution in [3.63, 3.8) is 0 Å². The number of aliphatic hydroxyl groups is 6. The minimum absolute atomic E-state index is 0.0383. The van der Waals surface area contributed by atoms with Gasteiger partial charge in [0.25, 0.3) is 0 Å². The van der Waals surface area contributed by atoms with E-state index in [4.69, 9.17) is 0 Å². The maximum Gasteiger partial charge on any atom is 0.320 e. The smallest absolute Gasteiger partial charge is 0.320 e. The maximum absolute atomic E-state index is 12.6. The van der Waals surface area contributed by atoms with Crippen molar-refractivity contribution in [1.29, 1.82) is 0 Å². The van der Waals surface area contributed by atoms with Gasteiger partial charge in [0.15, 0.2) is 0 Å². The van der Waals surface area contributed by atoms with Crippen molar-refractivity contribution in [3.8, 4) is 0 Å². The summed E-state index contributed by atoms with van der Waals surface area (Å²) in [6.07, 6.45) is -1.38. The van der Waals surface area contributed by atoms with E-state index in [2.05, 4.69) is 10.6 Å². The number of carbonyl (C=O) groups is 6. The second-order valence-electron chi connectivity index (χ2n) is 12.8. The Morgan fingerprint density at radius 2 is 0.750 bits per heavy atom. The van der Waals surface area contributed by atoms with E-state index < -0.39 is 124 Å². The zero-order valence-electron chi connectivity index (χ0n) is 29.0. The molecule has 0 spiro atoms. The maximum atomic E-state index is 12.6. The van der Waals surface area contributed by atoms with Gasteiger partial charge in [-0.2, -0.15) is 0 Å². The molecule has 1 fully saturated rings. The van der Waals surface area contributed by atoms with E-state index in [0.717, 1.165) is 0 Å². The Kier molecular flexibility index (Phi) is 20.7. The van der Waals surface area contributed by atoms with E-state index >= 15 is 0 Å². The Balaban J connectivity index is 3.30. The minimum Gasteiger partial charge on any atom is -0.480 e. The highest BCUT2D eigenvalue weighted by Gasteiger charge is 2.34. The fourth-order valence-corrected chi connectivity index (χ4v) is 5.56.